The molecule has 0 saturated carbocycles. The molecule has 1 aliphatic heterocycles. The normalized spacial score (nSPS) is 17.3. The third-order valence-electron chi connectivity index (χ3n) is 4.59. The van der Waals surface area contributed by atoms with Gasteiger partial charge in [-0.1, -0.05) is 17.6 Å². The van der Waals surface area contributed by atoms with E-state index in [4.69, 9.17) is 6.42 Å². The topological polar surface area (TPSA) is 49.0 Å². The zero-order valence-corrected chi connectivity index (χ0v) is 14.2. The Hall–Kier alpha value is -2.58. The fraction of sp³-hybridized carbons (Fsp3) is 0.263. The summed E-state index contributed by atoms with van der Waals surface area (Å²) in [4.78, 5) is 22.0. The number of thiazole rings is 1. The van der Waals surface area contributed by atoms with Gasteiger partial charge in [-0.2, -0.15) is 0 Å². The van der Waals surface area contributed by atoms with E-state index >= 15 is 0 Å². The first kappa shape index (κ1) is 15.0. The highest BCUT2D eigenvalue weighted by Gasteiger charge is 2.29. The number of H-pyrrole nitrogens is 1. The molecule has 5 heteroatoms. The van der Waals surface area contributed by atoms with E-state index in [2.05, 4.69) is 26.9 Å². The fourth-order valence-corrected chi connectivity index (χ4v) is 4.22. The highest BCUT2D eigenvalue weighted by molar-refractivity contribution is 7.09. The van der Waals surface area contributed by atoms with Gasteiger partial charge in [0.15, 0.2) is 0 Å². The summed E-state index contributed by atoms with van der Waals surface area (Å²) < 4.78 is 0. The van der Waals surface area contributed by atoms with Gasteiger partial charge < -0.3 is 9.88 Å². The molecule has 3 aromatic rings. The lowest BCUT2D eigenvalue weighted by atomic mass is 10.1. The van der Waals surface area contributed by atoms with Crippen LogP contribution in [0, 0.1) is 19.3 Å². The van der Waals surface area contributed by atoms with Gasteiger partial charge >= 0.3 is 0 Å². The van der Waals surface area contributed by atoms with E-state index in [1.54, 1.807) is 11.3 Å². The van der Waals surface area contributed by atoms with E-state index in [1.807, 2.05) is 30.6 Å². The molecule has 0 radical (unpaired) electrons. The van der Waals surface area contributed by atoms with Gasteiger partial charge in [-0.3, -0.25) is 4.79 Å². The van der Waals surface area contributed by atoms with Crippen LogP contribution in [0.3, 0.4) is 0 Å². The lowest BCUT2D eigenvalue weighted by Crippen LogP contribution is -2.24. The van der Waals surface area contributed by atoms with Crippen molar-refractivity contribution in [3.8, 4) is 12.3 Å². The Morgan fingerprint density at radius 1 is 1.46 bits per heavy atom. The number of aryl methyl sites for hydroxylation is 1. The molecular formula is C19H17N3OS. The molecule has 1 fully saturated rings. The maximum absolute atomic E-state index is 12.4. The average Bonchev–Trinajstić information content (AvgIpc) is 3.25. The number of fused-ring (bicyclic) bond motifs is 1. The first-order valence-corrected chi connectivity index (χ1v) is 8.83. The van der Waals surface area contributed by atoms with Crippen LogP contribution in [0.25, 0.3) is 10.9 Å². The summed E-state index contributed by atoms with van der Waals surface area (Å²) in [6.45, 7) is 3.77. The summed E-state index contributed by atoms with van der Waals surface area (Å²) in [5, 5.41) is 4.18. The van der Waals surface area contributed by atoms with Crippen molar-refractivity contribution in [2.75, 3.05) is 18.0 Å². The van der Waals surface area contributed by atoms with E-state index < -0.39 is 0 Å². The molecule has 0 bridgehead atoms. The zero-order chi connectivity index (χ0) is 16.7. The second-order valence-electron chi connectivity index (χ2n) is 6.17. The van der Waals surface area contributed by atoms with E-state index in [1.165, 1.54) is 0 Å². The fourth-order valence-electron chi connectivity index (χ4n) is 3.45. The number of aromatic amines is 1. The van der Waals surface area contributed by atoms with Gasteiger partial charge in [0.1, 0.15) is 5.56 Å². The number of nitrogens with zero attached hydrogens (tertiary/aromatic N) is 2. The summed E-state index contributed by atoms with van der Waals surface area (Å²) in [6, 6.07) is 6.04. The first-order chi connectivity index (χ1) is 11.7. The molecule has 1 aromatic carbocycles. The summed E-state index contributed by atoms with van der Waals surface area (Å²) in [5.41, 5.74) is 3.10. The summed E-state index contributed by atoms with van der Waals surface area (Å²) >= 11 is 1.69. The van der Waals surface area contributed by atoms with Crippen molar-refractivity contribution < 1.29 is 0 Å². The minimum atomic E-state index is -0.193. The average molecular weight is 335 g/mol. The Bertz CT molecular complexity index is 998. The minimum Gasteiger partial charge on any atom is -0.369 e. The maximum atomic E-state index is 12.4. The molecule has 24 heavy (non-hydrogen) atoms. The molecule has 1 aliphatic rings. The van der Waals surface area contributed by atoms with Crippen molar-refractivity contribution in [3.05, 3.63) is 56.3 Å². The number of benzene rings is 1. The number of anilines is 1. The Labute approximate surface area is 144 Å². The quantitative estimate of drug-likeness (QED) is 0.731. The monoisotopic (exact) mass is 335 g/mol. The SMILES string of the molecule is C#Cc1c(N2CCC(c3nccs3)C2)c2cc(C)ccc2[nH]c1=O. The number of rotatable bonds is 2. The number of nitrogens with one attached hydrogen (secondary N) is 1. The highest BCUT2D eigenvalue weighted by atomic mass is 32.1. The van der Waals surface area contributed by atoms with Crippen LogP contribution < -0.4 is 10.5 Å². The van der Waals surface area contributed by atoms with Crippen molar-refractivity contribution in [1.82, 2.24) is 9.97 Å². The molecule has 1 atom stereocenters. The van der Waals surface area contributed by atoms with Gasteiger partial charge in [-0.05, 0) is 25.5 Å². The summed E-state index contributed by atoms with van der Waals surface area (Å²) in [7, 11) is 0. The second-order valence-corrected chi connectivity index (χ2v) is 7.10. The predicted octanol–water partition coefficient (Wildman–Crippen LogP) is 3.27. The lowest BCUT2D eigenvalue weighted by Gasteiger charge is -2.22. The molecule has 1 unspecified atom stereocenters. The molecule has 120 valence electrons. The summed E-state index contributed by atoms with van der Waals surface area (Å²) in [6.07, 6.45) is 8.54. The molecule has 3 heterocycles. The smallest absolute Gasteiger partial charge is 0.266 e. The molecular weight excluding hydrogens is 318 g/mol. The van der Waals surface area contributed by atoms with Crippen LogP contribution in [0.15, 0.2) is 34.6 Å². The molecule has 2 aromatic heterocycles. The number of aromatic nitrogens is 2. The summed E-state index contributed by atoms with van der Waals surface area (Å²) in [5.74, 6) is 3.00. The Balaban J connectivity index is 1.85. The standard InChI is InChI=1S/C19H17N3OS/c1-3-14-17(15-10-12(2)4-5-16(15)21-18(14)23)22-8-6-13(11-22)19-20-7-9-24-19/h1,4-5,7,9-10,13H,6,8,11H2,2H3,(H,21,23). The van der Waals surface area contributed by atoms with Crippen molar-refractivity contribution in [2.24, 2.45) is 0 Å². The van der Waals surface area contributed by atoms with Gasteiger partial charge in [0.2, 0.25) is 0 Å². The Kier molecular flexibility index (Phi) is 3.62. The predicted molar refractivity (Wildman–Crippen MR) is 98.9 cm³/mol. The molecule has 4 nitrogen and oxygen atoms in total. The van der Waals surface area contributed by atoms with Gasteiger partial charge in [0.25, 0.3) is 5.56 Å². The Morgan fingerprint density at radius 2 is 2.33 bits per heavy atom. The van der Waals surface area contributed by atoms with Crippen LogP contribution in [-0.4, -0.2) is 23.1 Å². The van der Waals surface area contributed by atoms with E-state index in [0.717, 1.165) is 46.7 Å². The molecule has 1 N–H and O–H groups in total. The number of terminal acetylenes is 1. The molecule has 0 aliphatic carbocycles. The van der Waals surface area contributed by atoms with Crippen LogP contribution >= 0.6 is 11.3 Å². The second kappa shape index (κ2) is 5.81. The van der Waals surface area contributed by atoms with Crippen molar-refractivity contribution >= 4 is 27.9 Å². The van der Waals surface area contributed by atoms with Crippen LogP contribution in [0.2, 0.25) is 0 Å². The van der Waals surface area contributed by atoms with Crippen molar-refractivity contribution in [1.29, 1.82) is 0 Å². The first-order valence-electron chi connectivity index (χ1n) is 7.95. The zero-order valence-electron chi connectivity index (χ0n) is 13.4. The largest absolute Gasteiger partial charge is 0.369 e. The molecule has 0 spiro atoms. The minimum absolute atomic E-state index is 0.193. The van der Waals surface area contributed by atoms with Crippen LogP contribution in [-0.2, 0) is 0 Å². The maximum Gasteiger partial charge on any atom is 0.266 e. The number of hydrogen-bond donors (Lipinski definition) is 1. The van der Waals surface area contributed by atoms with Crippen LogP contribution in [0.5, 0.6) is 0 Å². The van der Waals surface area contributed by atoms with Crippen molar-refractivity contribution in [3.63, 3.8) is 0 Å². The van der Waals surface area contributed by atoms with Crippen LogP contribution in [0.4, 0.5) is 5.69 Å². The highest BCUT2D eigenvalue weighted by Crippen LogP contribution is 2.36. The third kappa shape index (κ3) is 2.40. The Morgan fingerprint density at radius 3 is 3.08 bits per heavy atom. The van der Waals surface area contributed by atoms with Gasteiger partial charge in [-0.25, -0.2) is 4.98 Å². The number of hydrogen-bond acceptors (Lipinski definition) is 4. The molecule has 1 saturated heterocycles. The van der Waals surface area contributed by atoms with Gasteiger partial charge in [-0.15, -0.1) is 17.8 Å². The van der Waals surface area contributed by atoms with Crippen LogP contribution in [0.1, 0.15) is 28.5 Å². The van der Waals surface area contributed by atoms with Gasteiger partial charge in [0, 0.05) is 36.0 Å². The lowest BCUT2D eigenvalue weighted by molar-refractivity contribution is 0.766. The van der Waals surface area contributed by atoms with E-state index in [0.29, 0.717) is 11.5 Å². The van der Waals surface area contributed by atoms with Crippen molar-refractivity contribution in [2.45, 2.75) is 19.3 Å². The van der Waals surface area contributed by atoms with E-state index in [-0.39, 0.29) is 5.56 Å². The van der Waals surface area contributed by atoms with Gasteiger partial charge in [0.05, 0.1) is 16.2 Å². The van der Waals surface area contributed by atoms with E-state index in [9.17, 15) is 4.79 Å². The molecule has 4 rings (SSSR count). The number of pyridine rings is 1. The molecule has 0 amide bonds. The third-order valence-corrected chi connectivity index (χ3v) is 5.53.